The SMILES string of the molecule is CN(Cc1ccc(Cl)cc1)Cn1nc([C@@H]2CCS(=O)(=O)C2)n(C)c1=S. The van der Waals surface area contributed by atoms with Gasteiger partial charge in [0.2, 0.25) is 0 Å². The summed E-state index contributed by atoms with van der Waals surface area (Å²) in [7, 11) is 0.894. The summed E-state index contributed by atoms with van der Waals surface area (Å²) < 4.78 is 27.7. The number of benzene rings is 1. The lowest BCUT2D eigenvalue weighted by molar-refractivity contribution is 0.243. The smallest absolute Gasteiger partial charge is 0.198 e. The quantitative estimate of drug-likeness (QED) is 0.722. The fourth-order valence-corrected chi connectivity index (χ4v) is 5.19. The van der Waals surface area contributed by atoms with Crippen molar-refractivity contribution in [1.29, 1.82) is 0 Å². The van der Waals surface area contributed by atoms with Crippen LogP contribution in [0.25, 0.3) is 0 Å². The maximum absolute atomic E-state index is 11.7. The first kappa shape index (κ1) is 18.6. The van der Waals surface area contributed by atoms with Gasteiger partial charge in [-0.05, 0) is 43.4 Å². The Morgan fingerprint density at radius 1 is 1.36 bits per heavy atom. The predicted octanol–water partition coefficient (Wildman–Crippen LogP) is 2.60. The maximum Gasteiger partial charge on any atom is 0.198 e. The summed E-state index contributed by atoms with van der Waals surface area (Å²) in [5.41, 5.74) is 1.15. The van der Waals surface area contributed by atoms with Crippen LogP contribution in [-0.4, -0.2) is 46.2 Å². The lowest BCUT2D eigenvalue weighted by Gasteiger charge is -2.16. The van der Waals surface area contributed by atoms with Crippen LogP contribution in [0.3, 0.4) is 0 Å². The third kappa shape index (κ3) is 4.31. The molecule has 0 radical (unpaired) electrons. The molecular weight excluding hydrogens is 380 g/mol. The summed E-state index contributed by atoms with van der Waals surface area (Å²) >= 11 is 11.4. The molecule has 6 nitrogen and oxygen atoms in total. The summed E-state index contributed by atoms with van der Waals surface area (Å²) in [6, 6.07) is 7.72. The maximum atomic E-state index is 11.7. The zero-order chi connectivity index (χ0) is 18.2. The molecule has 1 aromatic heterocycles. The molecule has 0 amide bonds. The van der Waals surface area contributed by atoms with E-state index >= 15 is 0 Å². The van der Waals surface area contributed by atoms with E-state index < -0.39 is 9.84 Å². The van der Waals surface area contributed by atoms with Gasteiger partial charge in [0.1, 0.15) is 5.82 Å². The van der Waals surface area contributed by atoms with Crippen molar-refractivity contribution in [3.8, 4) is 0 Å². The number of rotatable bonds is 5. The molecule has 1 aliphatic heterocycles. The van der Waals surface area contributed by atoms with Crippen molar-refractivity contribution in [3.05, 3.63) is 45.4 Å². The zero-order valence-electron chi connectivity index (χ0n) is 14.2. The topological polar surface area (TPSA) is 60.1 Å². The molecule has 0 aliphatic carbocycles. The highest BCUT2D eigenvalue weighted by molar-refractivity contribution is 7.91. The molecular formula is C16H21ClN4O2S2. The Kier molecular flexibility index (Phi) is 5.34. The van der Waals surface area contributed by atoms with Crippen LogP contribution >= 0.6 is 23.8 Å². The minimum Gasteiger partial charge on any atom is -0.307 e. The van der Waals surface area contributed by atoms with Gasteiger partial charge in [0, 0.05) is 24.5 Å². The average molecular weight is 401 g/mol. The number of halogens is 1. The monoisotopic (exact) mass is 400 g/mol. The van der Waals surface area contributed by atoms with E-state index in [-0.39, 0.29) is 17.4 Å². The average Bonchev–Trinajstić information content (AvgIpc) is 3.04. The molecule has 0 bridgehead atoms. The standard InChI is InChI=1S/C16H21ClN4O2S2/c1-19(9-12-3-5-14(17)6-4-12)11-21-16(24)20(2)15(18-21)13-7-8-25(22,23)10-13/h3-6,13H,7-11H2,1-2H3/t13-/m1/s1. The molecule has 2 heterocycles. The predicted molar refractivity (Wildman–Crippen MR) is 101 cm³/mol. The molecule has 1 aliphatic rings. The molecule has 1 saturated heterocycles. The summed E-state index contributed by atoms with van der Waals surface area (Å²) in [5, 5.41) is 5.32. The molecule has 3 rings (SSSR count). The van der Waals surface area contributed by atoms with E-state index in [2.05, 4.69) is 10.00 Å². The van der Waals surface area contributed by atoms with Gasteiger partial charge < -0.3 is 4.57 Å². The van der Waals surface area contributed by atoms with Gasteiger partial charge >= 0.3 is 0 Å². The summed E-state index contributed by atoms with van der Waals surface area (Å²) in [6.07, 6.45) is 0.614. The van der Waals surface area contributed by atoms with Crippen LogP contribution in [0.15, 0.2) is 24.3 Å². The van der Waals surface area contributed by atoms with E-state index in [4.69, 9.17) is 23.8 Å². The van der Waals surface area contributed by atoms with Crippen molar-refractivity contribution in [2.45, 2.75) is 25.6 Å². The highest BCUT2D eigenvalue weighted by Crippen LogP contribution is 2.27. The fraction of sp³-hybridized carbons (Fsp3) is 0.500. The van der Waals surface area contributed by atoms with Crippen LogP contribution in [0.4, 0.5) is 0 Å². The first-order chi connectivity index (χ1) is 11.7. The molecule has 0 unspecified atom stereocenters. The Labute approximate surface area is 157 Å². The van der Waals surface area contributed by atoms with Crippen LogP contribution in [0.2, 0.25) is 5.02 Å². The Balaban J connectivity index is 1.73. The van der Waals surface area contributed by atoms with E-state index in [1.807, 2.05) is 42.9 Å². The van der Waals surface area contributed by atoms with E-state index in [1.54, 1.807) is 4.68 Å². The molecule has 9 heteroatoms. The third-order valence-electron chi connectivity index (χ3n) is 4.41. The summed E-state index contributed by atoms with van der Waals surface area (Å²) in [4.78, 5) is 2.10. The third-order valence-corrected chi connectivity index (χ3v) is 6.92. The van der Waals surface area contributed by atoms with E-state index in [1.165, 1.54) is 0 Å². The molecule has 0 saturated carbocycles. The lowest BCUT2D eigenvalue weighted by Crippen LogP contribution is -2.22. The van der Waals surface area contributed by atoms with E-state index in [9.17, 15) is 8.42 Å². The van der Waals surface area contributed by atoms with Crippen molar-refractivity contribution in [1.82, 2.24) is 19.2 Å². The fourth-order valence-electron chi connectivity index (χ4n) is 3.13. The molecule has 0 spiro atoms. The Morgan fingerprint density at radius 2 is 2.04 bits per heavy atom. The Bertz CT molecular complexity index is 919. The number of sulfone groups is 1. The number of nitrogens with zero attached hydrogens (tertiary/aromatic N) is 4. The molecule has 1 aromatic carbocycles. The van der Waals surface area contributed by atoms with Gasteiger partial charge in [-0.15, -0.1) is 0 Å². The largest absolute Gasteiger partial charge is 0.307 e. The minimum absolute atomic E-state index is 0.0699. The van der Waals surface area contributed by atoms with Crippen LogP contribution in [0, 0.1) is 4.77 Å². The number of hydrogen-bond acceptors (Lipinski definition) is 5. The number of hydrogen-bond donors (Lipinski definition) is 0. The molecule has 136 valence electrons. The minimum atomic E-state index is -2.95. The van der Waals surface area contributed by atoms with Crippen LogP contribution in [-0.2, 0) is 30.1 Å². The first-order valence-electron chi connectivity index (χ1n) is 8.02. The van der Waals surface area contributed by atoms with Crippen molar-refractivity contribution >= 4 is 33.7 Å². The van der Waals surface area contributed by atoms with Crippen LogP contribution in [0.1, 0.15) is 23.7 Å². The second-order valence-electron chi connectivity index (χ2n) is 6.58. The van der Waals surface area contributed by atoms with Gasteiger partial charge in [-0.3, -0.25) is 4.90 Å². The molecule has 0 N–H and O–H groups in total. The highest BCUT2D eigenvalue weighted by Gasteiger charge is 2.32. The van der Waals surface area contributed by atoms with Gasteiger partial charge in [0.25, 0.3) is 0 Å². The van der Waals surface area contributed by atoms with Gasteiger partial charge in [-0.25, -0.2) is 13.1 Å². The molecule has 2 aromatic rings. The van der Waals surface area contributed by atoms with Crippen molar-refractivity contribution in [2.24, 2.45) is 7.05 Å². The first-order valence-corrected chi connectivity index (χ1v) is 10.6. The van der Waals surface area contributed by atoms with Gasteiger partial charge in [0.15, 0.2) is 14.6 Å². The van der Waals surface area contributed by atoms with Crippen molar-refractivity contribution in [2.75, 3.05) is 18.6 Å². The molecule has 25 heavy (non-hydrogen) atoms. The van der Waals surface area contributed by atoms with E-state index in [0.717, 1.165) is 23.0 Å². The molecule has 1 fully saturated rings. The lowest BCUT2D eigenvalue weighted by atomic mass is 10.1. The van der Waals surface area contributed by atoms with Crippen LogP contribution < -0.4 is 0 Å². The Hall–Kier alpha value is -1.22. The second kappa shape index (κ2) is 7.19. The number of aromatic nitrogens is 3. The van der Waals surface area contributed by atoms with Gasteiger partial charge in [-0.1, -0.05) is 23.7 Å². The van der Waals surface area contributed by atoms with Crippen molar-refractivity contribution in [3.63, 3.8) is 0 Å². The second-order valence-corrected chi connectivity index (χ2v) is 9.61. The zero-order valence-corrected chi connectivity index (χ0v) is 16.6. The van der Waals surface area contributed by atoms with Gasteiger partial charge in [0.05, 0.1) is 18.2 Å². The highest BCUT2D eigenvalue weighted by atomic mass is 35.5. The summed E-state index contributed by atoms with van der Waals surface area (Å²) in [6.45, 7) is 1.28. The molecule has 1 atom stereocenters. The normalized spacial score (nSPS) is 19.6. The van der Waals surface area contributed by atoms with Gasteiger partial charge in [-0.2, -0.15) is 5.10 Å². The van der Waals surface area contributed by atoms with Crippen LogP contribution in [0.5, 0.6) is 0 Å². The van der Waals surface area contributed by atoms with Crippen molar-refractivity contribution < 1.29 is 8.42 Å². The Morgan fingerprint density at radius 3 is 2.64 bits per heavy atom. The van der Waals surface area contributed by atoms with E-state index in [0.29, 0.717) is 17.9 Å². The summed E-state index contributed by atoms with van der Waals surface area (Å²) in [5.74, 6) is 1.08.